The molecule has 0 bridgehead atoms. The Kier molecular flexibility index (Phi) is 4.06. The number of nitrogens with one attached hydrogen (secondary N) is 2. The van der Waals surface area contributed by atoms with Crippen molar-refractivity contribution in [3.05, 3.63) is 0 Å². The molecule has 1 aliphatic carbocycles. The summed E-state index contributed by atoms with van der Waals surface area (Å²) in [6.07, 6.45) is 6.13. The van der Waals surface area contributed by atoms with Gasteiger partial charge in [-0.25, -0.2) is 4.79 Å². The second-order valence-corrected chi connectivity index (χ2v) is 3.86. The van der Waals surface area contributed by atoms with Gasteiger partial charge in [0.25, 0.3) is 0 Å². The standard InChI is InChI=1S/C10H20N2O/c1-3-8-5-4-6-9(7-8)12-10(13)11-2/h8-9H,3-7H2,1-2H3,(H2,11,12,13). The monoisotopic (exact) mass is 184 g/mol. The molecule has 0 saturated heterocycles. The number of hydrogen-bond acceptors (Lipinski definition) is 1. The van der Waals surface area contributed by atoms with E-state index in [2.05, 4.69) is 17.6 Å². The molecule has 3 heteroatoms. The van der Waals surface area contributed by atoms with Crippen molar-refractivity contribution in [3.63, 3.8) is 0 Å². The molecular weight excluding hydrogens is 164 g/mol. The minimum absolute atomic E-state index is 0.0400. The fraction of sp³-hybridized carbons (Fsp3) is 0.900. The van der Waals surface area contributed by atoms with Crippen molar-refractivity contribution in [1.29, 1.82) is 0 Å². The number of carbonyl (C=O) groups excluding carboxylic acids is 1. The van der Waals surface area contributed by atoms with Crippen LogP contribution in [0.15, 0.2) is 0 Å². The Balaban J connectivity index is 2.29. The highest BCUT2D eigenvalue weighted by Gasteiger charge is 2.21. The van der Waals surface area contributed by atoms with Gasteiger partial charge in [-0.15, -0.1) is 0 Å². The molecule has 2 atom stereocenters. The molecule has 0 heterocycles. The maximum absolute atomic E-state index is 11.1. The van der Waals surface area contributed by atoms with Crippen LogP contribution < -0.4 is 10.6 Å². The summed E-state index contributed by atoms with van der Waals surface area (Å²) in [4.78, 5) is 11.1. The van der Waals surface area contributed by atoms with E-state index in [1.807, 2.05) is 0 Å². The van der Waals surface area contributed by atoms with Crippen molar-refractivity contribution >= 4 is 6.03 Å². The molecule has 0 spiro atoms. The predicted octanol–water partition coefficient (Wildman–Crippen LogP) is 1.88. The molecule has 13 heavy (non-hydrogen) atoms. The summed E-state index contributed by atoms with van der Waals surface area (Å²) in [5, 5.41) is 5.58. The Hall–Kier alpha value is -0.730. The van der Waals surface area contributed by atoms with Crippen LogP contribution in [-0.4, -0.2) is 19.1 Å². The van der Waals surface area contributed by atoms with E-state index in [1.54, 1.807) is 7.05 Å². The zero-order chi connectivity index (χ0) is 9.68. The van der Waals surface area contributed by atoms with Crippen LogP contribution in [0, 0.1) is 5.92 Å². The molecule has 0 aromatic carbocycles. The van der Waals surface area contributed by atoms with Crippen LogP contribution in [0.25, 0.3) is 0 Å². The van der Waals surface area contributed by atoms with Gasteiger partial charge in [-0.05, 0) is 18.8 Å². The molecule has 1 rings (SSSR count). The van der Waals surface area contributed by atoms with Crippen LogP contribution in [0.4, 0.5) is 4.79 Å². The summed E-state index contributed by atoms with van der Waals surface area (Å²) in [5.74, 6) is 0.816. The third-order valence-corrected chi connectivity index (χ3v) is 2.92. The fourth-order valence-electron chi connectivity index (χ4n) is 2.05. The highest BCUT2D eigenvalue weighted by Crippen LogP contribution is 2.26. The van der Waals surface area contributed by atoms with E-state index in [4.69, 9.17) is 0 Å². The summed E-state index contributed by atoms with van der Waals surface area (Å²) in [6, 6.07) is 0.361. The van der Waals surface area contributed by atoms with Crippen LogP contribution in [0.3, 0.4) is 0 Å². The first-order valence-electron chi connectivity index (χ1n) is 5.24. The van der Waals surface area contributed by atoms with Crippen LogP contribution >= 0.6 is 0 Å². The molecule has 0 aliphatic heterocycles. The fourth-order valence-corrected chi connectivity index (χ4v) is 2.05. The van der Waals surface area contributed by atoms with Crippen molar-refractivity contribution in [2.24, 2.45) is 5.92 Å². The van der Waals surface area contributed by atoms with Crippen molar-refractivity contribution in [1.82, 2.24) is 10.6 Å². The highest BCUT2D eigenvalue weighted by atomic mass is 16.2. The lowest BCUT2D eigenvalue weighted by Crippen LogP contribution is -2.42. The van der Waals surface area contributed by atoms with Crippen molar-refractivity contribution in [3.8, 4) is 0 Å². The number of hydrogen-bond donors (Lipinski definition) is 2. The van der Waals surface area contributed by atoms with E-state index in [0.717, 1.165) is 18.8 Å². The molecule has 76 valence electrons. The van der Waals surface area contributed by atoms with Gasteiger partial charge < -0.3 is 10.6 Å². The van der Waals surface area contributed by atoms with E-state index in [9.17, 15) is 4.79 Å². The first-order chi connectivity index (χ1) is 6.26. The first kappa shape index (κ1) is 10.4. The molecule has 0 aromatic rings. The van der Waals surface area contributed by atoms with E-state index < -0.39 is 0 Å². The van der Waals surface area contributed by atoms with Crippen LogP contribution in [-0.2, 0) is 0 Å². The Morgan fingerprint density at radius 1 is 1.46 bits per heavy atom. The van der Waals surface area contributed by atoms with Gasteiger partial charge in [0.15, 0.2) is 0 Å². The molecule has 0 aromatic heterocycles. The van der Waals surface area contributed by atoms with Gasteiger partial charge in [0, 0.05) is 13.1 Å². The molecule has 1 aliphatic rings. The van der Waals surface area contributed by atoms with Gasteiger partial charge >= 0.3 is 6.03 Å². The quantitative estimate of drug-likeness (QED) is 0.676. The maximum atomic E-state index is 11.1. The van der Waals surface area contributed by atoms with Gasteiger partial charge in [0.2, 0.25) is 0 Å². The zero-order valence-corrected chi connectivity index (χ0v) is 8.60. The Morgan fingerprint density at radius 2 is 2.23 bits per heavy atom. The molecule has 1 saturated carbocycles. The van der Waals surface area contributed by atoms with E-state index in [1.165, 1.54) is 19.3 Å². The van der Waals surface area contributed by atoms with Gasteiger partial charge in [-0.3, -0.25) is 0 Å². The Labute approximate surface area is 80.3 Å². The van der Waals surface area contributed by atoms with Crippen LogP contribution in [0.5, 0.6) is 0 Å². The largest absolute Gasteiger partial charge is 0.341 e. The molecule has 2 amide bonds. The zero-order valence-electron chi connectivity index (χ0n) is 8.60. The van der Waals surface area contributed by atoms with Crippen molar-refractivity contribution in [2.75, 3.05) is 7.05 Å². The summed E-state index contributed by atoms with van der Waals surface area (Å²) in [7, 11) is 1.66. The van der Waals surface area contributed by atoms with Crippen LogP contribution in [0.1, 0.15) is 39.0 Å². The Bertz CT molecular complexity index is 170. The smallest absolute Gasteiger partial charge is 0.314 e. The Morgan fingerprint density at radius 3 is 2.85 bits per heavy atom. The van der Waals surface area contributed by atoms with Gasteiger partial charge in [-0.2, -0.15) is 0 Å². The van der Waals surface area contributed by atoms with E-state index >= 15 is 0 Å². The predicted molar refractivity (Wildman–Crippen MR) is 53.6 cm³/mol. The highest BCUT2D eigenvalue weighted by molar-refractivity contribution is 5.73. The average molecular weight is 184 g/mol. The minimum Gasteiger partial charge on any atom is -0.341 e. The lowest BCUT2D eigenvalue weighted by molar-refractivity contribution is 0.226. The molecule has 3 nitrogen and oxygen atoms in total. The summed E-state index contributed by atoms with van der Waals surface area (Å²) >= 11 is 0. The van der Waals surface area contributed by atoms with E-state index in [-0.39, 0.29) is 6.03 Å². The molecule has 0 radical (unpaired) electrons. The molecule has 2 unspecified atom stereocenters. The summed E-state index contributed by atoms with van der Waals surface area (Å²) in [5.41, 5.74) is 0. The number of urea groups is 1. The third-order valence-electron chi connectivity index (χ3n) is 2.92. The second-order valence-electron chi connectivity index (χ2n) is 3.86. The number of amides is 2. The second kappa shape index (κ2) is 5.10. The van der Waals surface area contributed by atoms with E-state index in [0.29, 0.717) is 6.04 Å². The van der Waals surface area contributed by atoms with Gasteiger partial charge in [0.05, 0.1) is 0 Å². The molecular formula is C10H20N2O. The topological polar surface area (TPSA) is 41.1 Å². The summed E-state index contributed by atoms with van der Waals surface area (Å²) < 4.78 is 0. The van der Waals surface area contributed by atoms with Crippen molar-refractivity contribution in [2.45, 2.75) is 45.1 Å². The van der Waals surface area contributed by atoms with Gasteiger partial charge in [-0.1, -0.05) is 26.2 Å². The van der Waals surface area contributed by atoms with Crippen molar-refractivity contribution < 1.29 is 4.79 Å². The van der Waals surface area contributed by atoms with Gasteiger partial charge in [0.1, 0.15) is 0 Å². The lowest BCUT2D eigenvalue weighted by Gasteiger charge is -2.28. The summed E-state index contributed by atoms with van der Waals surface area (Å²) in [6.45, 7) is 2.23. The third kappa shape index (κ3) is 3.25. The first-order valence-corrected chi connectivity index (χ1v) is 5.24. The van der Waals surface area contributed by atoms with Crippen LogP contribution in [0.2, 0.25) is 0 Å². The normalized spacial score (nSPS) is 28.2. The molecule has 2 N–H and O–H groups in total. The lowest BCUT2D eigenvalue weighted by atomic mass is 9.84. The maximum Gasteiger partial charge on any atom is 0.314 e. The minimum atomic E-state index is -0.0400. The average Bonchev–Trinajstić information content (AvgIpc) is 2.18. The molecule has 1 fully saturated rings. The SMILES string of the molecule is CCC1CCCC(NC(=O)NC)C1. The number of rotatable bonds is 2. The number of carbonyl (C=O) groups is 1.